The highest BCUT2D eigenvalue weighted by atomic mass is 16.5. The zero-order chi connectivity index (χ0) is 24.1. The molecule has 2 unspecified atom stereocenters. The van der Waals surface area contributed by atoms with Crippen molar-refractivity contribution in [3.05, 3.63) is 95.1 Å². The molecule has 0 bridgehead atoms. The van der Waals surface area contributed by atoms with Crippen LogP contribution in [0.2, 0.25) is 0 Å². The van der Waals surface area contributed by atoms with Crippen LogP contribution in [0, 0.1) is 0 Å². The smallest absolute Gasteiger partial charge is 0.259 e. The van der Waals surface area contributed by atoms with E-state index in [1.807, 2.05) is 55.5 Å². The Kier molecular flexibility index (Phi) is 7.16. The van der Waals surface area contributed by atoms with Crippen LogP contribution in [0.5, 0.6) is 11.5 Å². The Morgan fingerprint density at radius 1 is 0.941 bits per heavy atom. The maximum absolute atomic E-state index is 13.7. The number of fused-ring (bicyclic) bond motifs is 1. The predicted octanol–water partition coefficient (Wildman–Crippen LogP) is 4.54. The van der Waals surface area contributed by atoms with Gasteiger partial charge in [0.2, 0.25) is 5.91 Å². The van der Waals surface area contributed by atoms with Crippen molar-refractivity contribution >= 4 is 11.8 Å². The third kappa shape index (κ3) is 4.62. The largest absolute Gasteiger partial charge is 0.493 e. The molecular formula is C28H30N2O4. The van der Waals surface area contributed by atoms with E-state index in [0.717, 1.165) is 18.4 Å². The number of carbonyl (C=O) groups is 2. The highest BCUT2D eigenvalue weighted by molar-refractivity contribution is 6.07. The Balaban J connectivity index is 1.64. The quantitative estimate of drug-likeness (QED) is 0.511. The molecule has 0 spiro atoms. The number of aryl methyl sites for hydroxylation is 1. The number of methoxy groups -OCH3 is 2. The van der Waals surface area contributed by atoms with E-state index in [4.69, 9.17) is 9.47 Å². The number of amides is 2. The fraction of sp³-hybridized carbons (Fsp3) is 0.286. The van der Waals surface area contributed by atoms with Crippen molar-refractivity contribution in [1.82, 2.24) is 10.2 Å². The molecule has 0 aliphatic carbocycles. The van der Waals surface area contributed by atoms with Gasteiger partial charge in [0.05, 0.1) is 19.8 Å². The number of nitrogens with one attached hydrogen (secondary N) is 1. The van der Waals surface area contributed by atoms with Gasteiger partial charge in [-0.2, -0.15) is 0 Å². The Labute approximate surface area is 200 Å². The summed E-state index contributed by atoms with van der Waals surface area (Å²) in [6.07, 6.45) is 1.53. The SMILES string of the molecule is COc1ccc2c(c1OC)C(=O)N(C(C)CCc1ccccc1)C2C(=O)NCc1ccccc1. The van der Waals surface area contributed by atoms with Gasteiger partial charge in [-0.15, -0.1) is 0 Å². The molecule has 1 N–H and O–H groups in total. The molecule has 3 aromatic rings. The van der Waals surface area contributed by atoms with Crippen molar-refractivity contribution in [2.24, 2.45) is 0 Å². The first-order valence-electron chi connectivity index (χ1n) is 11.5. The Morgan fingerprint density at radius 3 is 2.21 bits per heavy atom. The molecule has 1 heterocycles. The molecule has 0 saturated carbocycles. The molecule has 3 aromatic carbocycles. The van der Waals surface area contributed by atoms with Crippen LogP contribution < -0.4 is 14.8 Å². The lowest BCUT2D eigenvalue weighted by molar-refractivity contribution is -0.126. The lowest BCUT2D eigenvalue weighted by Crippen LogP contribution is -2.43. The van der Waals surface area contributed by atoms with Gasteiger partial charge in [0.1, 0.15) is 6.04 Å². The van der Waals surface area contributed by atoms with E-state index < -0.39 is 6.04 Å². The minimum Gasteiger partial charge on any atom is -0.493 e. The molecule has 4 rings (SSSR count). The van der Waals surface area contributed by atoms with Gasteiger partial charge in [-0.25, -0.2) is 0 Å². The number of carbonyl (C=O) groups excluding carboxylic acids is 2. The van der Waals surface area contributed by atoms with E-state index in [0.29, 0.717) is 29.2 Å². The van der Waals surface area contributed by atoms with E-state index in [9.17, 15) is 9.59 Å². The normalized spacial score (nSPS) is 15.6. The van der Waals surface area contributed by atoms with Gasteiger partial charge < -0.3 is 19.7 Å². The number of ether oxygens (including phenoxy) is 2. The molecule has 176 valence electrons. The number of hydrogen-bond acceptors (Lipinski definition) is 4. The zero-order valence-electron chi connectivity index (χ0n) is 19.8. The zero-order valence-corrected chi connectivity index (χ0v) is 19.8. The van der Waals surface area contributed by atoms with Gasteiger partial charge in [-0.1, -0.05) is 66.7 Å². The fourth-order valence-corrected chi connectivity index (χ4v) is 4.55. The summed E-state index contributed by atoms with van der Waals surface area (Å²) in [5, 5.41) is 3.02. The first-order chi connectivity index (χ1) is 16.5. The molecule has 34 heavy (non-hydrogen) atoms. The molecule has 6 heteroatoms. The molecule has 1 aliphatic rings. The van der Waals surface area contributed by atoms with E-state index in [-0.39, 0.29) is 17.9 Å². The monoisotopic (exact) mass is 458 g/mol. The maximum Gasteiger partial charge on any atom is 0.259 e. The molecular weight excluding hydrogens is 428 g/mol. The van der Waals surface area contributed by atoms with Crippen molar-refractivity contribution < 1.29 is 19.1 Å². The predicted molar refractivity (Wildman–Crippen MR) is 131 cm³/mol. The van der Waals surface area contributed by atoms with Crippen LogP contribution in [0.15, 0.2) is 72.8 Å². The van der Waals surface area contributed by atoms with Crippen LogP contribution in [0.3, 0.4) is 0 Å². The minimum absolute atomic E-state index is 0.164. The number of hydrogen-bond donors (Lipinski definition) is 1. The first kappa shape index (κ1) is 23.4. The van der Waals surface area contributed by atoms with Crippen molar-refractivity contribution in [2.45, 2.75) is 38.4 Å². The van der Waals surface area contributed by atoms with E-state index in [1.165, 1.54) is 19.8 Å². The average Bonchev–Trinajstić information content (AvgIpc) is 3.18. The maximum atomic E-state index is 13.7. The molecule has 0 fully saturated rings. The Bertz CT molecular complexity index is 1150. The standard InChI is InChI=1S/C28H30N2O4/c1-19(14-15-20-10-6-4-7-11-20)30-25(27(31)29-18-21-12-8-5-9-13-21)22-16-17-23(33-2)26(34-3)24(22)28(30)32/h4-13,16-17,19,25H,14-15,18H2,1-3H3,(H,29,31). The molecule has 0 radical (unpaired) electrons. The summed E-state index contributed by atoms with van der Waals surface area (Å²) in [5.74, 6) is 0.404. The molecule has 0 saturated heterocycles. The van der Waals surface area contributed by atoms with Crippen LogP contribution in [0.1, 0.15) is 46.4 Å². The van der Waals surface area contributed by atoms with Crippen molar-refractivity contribution in [1.29, 1.82) is 0 Å². The van der Waals surface area contributed by atoms with Crippen molar-refractivity contribution in [3.8, 4) is 11.5 Å². The minimum atomic E-state index is -0.739. The van der Waals surface area contributed by atoms with Gasteiger partial charge in [-0.05, 0) is 37.0 Å². The third-order valence-corrected chi connectivity index (χ3v) is 6.33. The summed E-state index contributed by atoms with van der Waals surface area (Å²) >= 11 is 0. The topological polar surface area (TPSA) is 67.9 Å². The van der Waals surface area contributed by atoms with Crippen molar-refractivity contribution in [3.63, 3.8) is 0 Å². The number of nitrogens with zero attached hydrogens (tertiary/aromatic N) is 1. The van der Waals surface area contributed by atoms with Crippen LogP contribution >= 0.6 is 0 Å². The summed E-state index contributed by atoms with van der Waals surface area (Å²) in [4.78, 5) is 28.9. The fourth-order valence-electron chi connectivity index (χ4n) is 4.55. The first-order valence-corrected chi connectivity index (χ1v) is 11.5. The lowest BCUT2D eigenvalue weighted by Gasteiger charge is -2.30. The van der Waals surface area contributed by atoms with E-state index >= 15 is 0 Å². The Morgan fingerprint density at radius 2 is 1.59 bits per heavy atom. The van der Waals surface area contributed by atoms with Crippen molar-refractivity contribution in [2.75, 3.05) is 14.2 Å². The number of benzene rings is 3. The van der Waals surface area contributed by atoms with E-state index in [1.54, 1.807) is 17.0 Å². The average molecular weight is 459 g/mol. The molecule has 1 aliphatic heterocycles. The Hall–Kier alpha value is -3.80. The van der Waals surface area contributed by atoms with Gasteiger partial charge in [0.25, 0.3) is 5.91 Å². The van der Waals surface area contributed by atoms with Gasteiger partial charge in [0, 0.05) is 18.2 Å². The highest BCUT2D eigenvalue weighted by Gasteiger charge is 2.45. The van der Waals surface area contributed by atoms with Gasteiger partial charge >= 0.3 is 0 Å². The van der Waals surface area contributed by atoms with Gasteiger partial charge in [-0.3, -0.25) is 9.59 Å². The summed E-state index contributed by atoms with van der Waals surface area (Å²) in [7, 11) is 3.05. The molecule has 0 aromatic heterocycles. The van der Waals surface area contributed by atoms with Crippen LogP contribution in [-0.4, -0.2) is 37.0 Å². The molecule has 2 atom stereocenters. The highest BCUT2D eigenvalue weighted by Crippen LogP contribution is 2.44. The second kappa shape index (κ2) is 10.4. The van der Waals surface area contributed by atoms with Crippen LogP contribution in [-0.2, 0) is 17.8 Å². The molecule has 6 nitrogen and oxygen atoms in total. The summed E-state index contributed by atoms with van der Waals surface area (Å²) in [6.45, 7) is 2.38. The summed E-state index contributed by atoms with van der Waals surface area (Å²) in [5.41, 5.74) is 3.23. The molecule has 2 amide bonds. The van der Waals surface area contributed by atoms with Crippen LogP contribution in [0.4, 0.5) is 0 Å². The van der Waals surface area contributed by atoms with Crippen LogP contribution in [0.25, 0.3) is 0 Å². The third-order valence-electron chi connectivity index (χ3n) is 6.33. The summed E-state index contributed by atoms with van der Waals surface area (Å²) in [6, 6.07) is 22.5. The lowest BCUT2D eigenvalue weighted by atomic mass is 10.0. The number of rotatable bonds is 9. The van der Waals surface area contributed by atoms with E-state index in [2.05, 4.69) is 17.4 Å². The van der Waals surface area contributed by atoms with Gasteiger partial charge in [0.15, 0.2) is 11.5 Å². The second-order valence-electron chi connectivity index (χ2n) is 8.46. The summed E-state index contributed by atoms with van der Waals surface area (Å²) < 4.78 is 11.0. The second-order valence-corrected chi connectivity index (χ2v) is 8.46.